The van der Waals surface area contributed by atoms with E-state index in [1.54, 1.807) is 13.8 Å². The maximum atomic E-state index is 13.8. The van der Waals surface area contributed by atoms with Crippen molar-refractivity contribution >= 4 is 23.5 Å². The maximum Gasteiger partial charge on any atom is 0.338 e. The van der Waals surface area contributed by atoms with Gasteiger partial charge in [-0.05, 0) is 44.2 Å². The van der Waals surface area contributed by atoms with E-state index in [0.717, 1.165) is 18.2 Å². The molecule has 0 radical (unpaired) electrons. The van der Waals surface area contributed by atoms with Crippen LogP contribution in [0.3, 0.4) is 0 Å². The number of halogens is 2. The van der Waals surface area contributed by atoms with Gasteiger partial charge in [-0.15, -0.1) is 0 Å². The molecule has 1 amide bonds. The predicted molar refractivity (Wildman–Crippen MR) is 92.7 cm³/mol. The fourth-order valence-corrected chi connectivity index (χ4v) is 2.27. The third-order valence-corrected chi connectivity index (χ3v) is 3.40. The largest absolute Gasteiger partial charge is 0.462 e. The number of hydrogen-bond donors (Lipinski definition) is 1. The molecule has 2 aromatic rings. The molecular weight excluding hydrogens is 360 g/mol. The van der Waals surface area contributed by atoms with E-state index >= 15 is 0 Å². The summed E-state index contributed by atoms with van der Waals surface area (Å²) in [5, 5.41) is 2.28. The molecule has 0 bridgehead atoms. The Morgan fingerprint density at radius 2 is 1.37 bits per heavy atom. The highest BCUT2D eigenvalue weighted by molar-refractivity contribution is 6.06. The summed E-state index contributed by atoms with van der Waals surface area (Å²) in [7, 11) is 0. The number of anilines is 1. The van der Waals surface area contributed by atoms with Crippen LogP contribution in [-0.4, -0.2) is 31.1 Å². The van der Waals surface area contributed by atoms with E-state index < -0.39 is 35.0 Å². The topological polar surface area (TPSA) is 81.7 Å². The third kappa shape index (κ3) is 4.87. The van der Waals surface area contributed by atoms with Crippen LogP contribution in [0.2, 0.25) is 0 Å². The predicted octanol–water partition coefficient (Wildman–Crippen LogP) is 3.57. The van der Waals surface area contributed by atoms with Gasteiger partial charge in [0.1, 0.15) is 17.2 Å². The number of rotatable bonds is 6. The molecule has 2 aromatic carbocycles. The number of benzene rings is 2. The first-order valence-electron chi connectivity index (χ1n) is 8.12. The van der Waals surface area contributed by atoms with Crippen molar-refractivity contribution in [3.05, 3.63) is 64.7 Å². The number of amides is 1. The monoisotopic (exact) mass is 377 g/mol. The lowest BCUT2D eigenvalue weighted by atomic mass is 10.1. The van der Waals surface area contributed by atoms with Crippen molar-refractivity contribution < 1.29 is 32.6 Å². The highest BCUT2D eigenvalue weighted by atomic mass is 19.1. The minimum Gasteiger partial charge on any atom is -0.462 e. The molecule has 2 rings (SSSR count). The fraction of sp³-hybridized carbons (Fsp3) is 0.211. The molecule has 0 saturated carbocycles. The van der Waals surface area contributed by atoms with Crippen LogP contribution in [0.4, 0.5) is 14.5 Å². The molecule has 142 valence electrons. The minimum atomic E-state index is -1.07. The molecule has 0 aliphatic heterocycles. The van der Waals surface area contributed by atoms with Gasteiger partial charge < -0.3 is 14.8 Å². The number of carbonyl (C=O) groups is 3. The van der Waals surface area contributed by atoms with E-state index in [9.17, 15) is 23.2 Å². The highest BCUT2D eigenvalue weighted by Crippen LogP contribution is 2.20. The molecule has 8 heteroatoms. The van der Waals surface area contributed by atoms with E-state index in [-0.39, 0.29) is 30.0 Å². The van der Waals surface area contributed by atoms with Crippen LogP contribution in [0.1, 0.15) is 44.9 Å². The summed E-state index contributed by atoms with van der Waals surface area (Å²) < 4.78 is 37.3. The van der Waals surface area contributed by atoms with Gasteiger partial charge in [0.25, 0.3) is 5.91 Å². The summed E-state index contributed by atoms with van der Waals surface area (Å²) >= 11 is 0. The minimum absolute atomic E-state index is 0.0174. The van der Waals surface area contributed by atoms with Crippen LogP contribution < -0.4 is 5.32 Å². The standard InChI is InChI=1S/C19H17F2NO5/c1-3-26-18(24)11-8-12(19(25)27-4-2)10-13(9-11)22-17(23)16-14(20)6-5-7-15(16)21/h5-10H,3-4H2,1-2H3,(H,22,23). The second-order valence-corrected chi connectivity index (χ2v) is 5.29. The van der Waals surface area contributed by atoms with Gasteiger partial charge in [-0.25, -0.2) is 18.4 Å². The van der Waals surface area contributed by atoms with Crippen molar-refractivity contribution in [2.45, 2.75) is 13.8 Å². The molecule has 0 fully saturated rings. The van der Waals surface area contributed by atoms with Gasteiger partial charge in [0.2, 0.25) is 0 Å². The Morgan fingerprint density at radius 3 is 1.81 bits per heavy atom. The molecule has 27 heavy (non-hydrogen) atoms. The first-order chi connectivity index (χ1) is 12.9. The Bertz CT molecular complexity index is 826. The molecule has 0 aliphatic carbocycles. The van der Waals surface area contributed by atoms with Crippen LogP contribution in [0.15, 0.2) is 36.4 Å². The zero-order valence-corrected chi connectivity index (χ0v) is 14.7. The quantitative estimate of drug-likeness (QED) is 0.779. The fourth-order valence-electron chi connectivity index (χ4n) is 2.27. The first kappa shape index (κ1) is 20.0. The van der Waals surface area contributed by atoms with E-state index in [1.807, 2.05) is 0 Å². The first-order valence-corrected chi connectivity index (χ1v) is 8.12. The van der Waals surface area contributed by atoms with Crippen molar-refractivity contribution in [1.82, 2.24) is 0 Å². The van der Waals surface area contributed by atoms with Crippen molar-refractivity contribution in [2.75, 3.05) is 18.5 Å². The van der Waals surface area contributed by atoms with Crippen molar-refractivity contribution in [3.63, 3.8) is 0 Å². The van der Waals surface area contributed by atoms with E-state index in [1.165, 1.54) is 18.2 Å². The highest BCUT2D eigenvalue weighted by Gasteiger charge is 2.20. The van der Waals surface area contributed by atoms with Gasteiger partial charge in [-0.1, -0.05) is 6.07 Å². The second-order valence-electron chi connectivity index (χ2n) is 5.29. The zero-order chi connectivity index (χ0) is 20.0. The normalized spacial score (nSPS) is 10.2. The molecule has 6 nitrogen and oxygen atoms in total. The summed E-state index contributed by atoms with van der Waals surface area (Å²) in [6, 6.07) is 6.72. The lowest BCUT2D eigenvalue weighted by Crippen LogP contribution is -2.17. The van der Waals surface area contributed by atoms with Crippen LogP contribution in [0.25, 0.3) is 0 Å². The van der Waals surface area contributed by atoms with E-state index in [2.05, 4.69) is 5.32 Å². The molecule has 0 atom stereocenters. The Labute approximate surface area is 154 Å². The van der Waals surface area contributed by atoms with Gasteiger partial charge in [-0.2, -0.15) is 0 Å². The Kier molecular flexibility index (Phi) is 6.59. The van der Waals surface area contributed by atoms with Gasteiger partial charge in [0, 0.05) is 5.69 Å². The lowest BCUT2D eigenvalue weighted by molar-refractivity contribution is 0.0525. The zero-order valence-electron chi connectivity index (χ0n) is 14.7. The molecule has 0 saturated heterocycles. The van der Waals surface area contributed by atoms with Crippen LogP contribution in [-0.2, 0) is 9.47 Å². The summed E-state index contributed by atoms with van der Waals surface area (Å²) in [5.74, 6) is -4.60. The van der Waals surface area contributed by atoms with Gasteiger partial charge in [0.15, 0.2) is 0 Å². The molecular formula is C19H17F2NO5. The van der Waals surface area contributed by atoms with Crippen LogP contribution >= 0.6 is 0 Å². The van der Waals surface area contributed by atoms with Crippen LogP contribution in [0.5, 0.6) is 0 Å². The molecule has 0 heterocycles. The SMILES string of the molecule is CCOC(=O)c1cc(NC(=O)c2c(F)cccc2F)cc(C(=O)OCC)c1. The Balaban J connectivity index is 2.41. The average molecular weight is 377 g/mol. The summed E-state index contributed by atoms with van der Waals surface area (Å²) in [5.41, 5.74) is -0.841. The molecule has 0 aromatic heterocycles. The van der Waals surface area contributed by atoms with E-state index in [4.69, 9.17) is 9.47 Å². The van der Waals surface area contributed by atoms with Crippen molar-refractivity contribution in [2.24, 2.45) is 0 Å². The van der Waals surface area contributed by atoms with Gasteiger partial charge in [0.05, 0.1) is 24.3 Å². The van der Waals surface area contributed by atoms with Crippen molar-refractivity contribution in [1.29, 1.82) is 0 Å². The summed E-state index contributed by atoms with van der Waals surface area (Å²) in [6.07, 6.45) is 0. The lowest BCUT2D eigenvalue weighted by Gasteiger charge is -2.11. The molecule has 0 unspecified atom stereocenters. The number of carbonyl (C=O) groups excluding carboxylic acids is 3. The molecule has 0 aliphatic rings. The number of hydrogen-bond acceptors (Lipinski definition) is 5. The van der Waals surface area contributed by atoms with E-state index in [0.29, 0.717) is 0 Å². The Hall–Kier alpha value is -3.29. The second kappa shape index (κ2) is 8.88. The van der Waals surface area contributed by atoms with Gasteiger partial charge >= 0.3 is 11.9 Å². The van der Waals surface area contributed by atoms with Crippen LogP contribution in [0, 0.1) is 11.6 Å². The summed E-state index contributed by atoms with van der Waals surface area (Å²) in [4.78, 5) is 36.2. The summed E-state index contributed by atoms with van der Waals surface area (Å²) in [6.45, 7) is 3.42. The molecule has 1 N–H and O–H groups in total. The average Bonchev–Trinajstić information content (AvgIpc) is 2.61. The van der Waals surface area contributed by atoms with Gasteiger partial charge in [-0.3, -0.25) is 4.79 Å². The maximum absolute atomic E-state index is 13.8. The molecule has 0 spiro atoms. The smallest absolute Gasteiger partial charge is 0.338 e. The number of ether oxygens (including phenoxy) is 2. The number of nitrogens with one attached hydrogen (secondary N) is 1. The Morgan fingerprint density at radius 1 is 0.889 bits per heavy atom. The number of esters is 2. The third-order valence-electron chi connectivity index (χ3n) is 3.40. The van der Waals surface area contributed by atoms with Crippen molar-refractivity contribution in [3.8, 4) is 0 Å².